The van der Waals surface area contributed by atoms with Gasteiger partial charge < -0.3 is 5.11 Å². The summed E-state index contributed by atoms with van der Waals surface area (Å²) in [7, 11) is 0. The summed E-state index contributed by atoms with van der Waals surface area (Å²) in [6.07, 6.45) is 3.94. The Kier molecular flexibility index (Phi) is 4.49. The lowest BCUT2D eigenvalue weighted by atomic mass is 10.1. The summed E-state index contributed by atoms with van der Waals surface area (Å²) >= 11 is 7.31. The third-order valence-electron chi connectivity index (χ3n) is 2.32. The predicted molar refractivity (Wildman–Crippen MR) is 78.2 cm³/mol. The SMILES string of the molecule is O=C(O)/C=C/c1ccc(C(=O)Nc2nccs2)cc1Cl. The number of aromatic nitrogens is 1. The molecule has 0 saturated heterocycles. The summed E-state index contributed by atoms with van der Waals surface area (Å²) in [6, 6.07) is 4.63. The lowest BCUT2D eigenvalue weighted by Crippen LogP contribution is -2.11. The van der Waals surface area contributed by atoms with Gasteiger partial charge in [-0.2, -0.15) is 0 Å². The van der Waals surface area contributed by atoms with Crippen LogP contribution >= 0.6 is 22.9 Å². The highest BCUT2D eigenvalue weighted by atomic mass is 35.5. The molecule has 2 aromatic rings. The van der Waals surface area contributed by atoms with Crippen molar-refractivity contribution in [3.8, 4) is 0 Å². The van der Waals surface area contributed by atoms with Gasteiger partial charge in [-0.3, -0.25) is 10.1 Å². The van der Waals surface area contributed by atoms with Crippen molar-refractivity contribution in [1.82, 2.24) is 4.98 Å². The molecule has 1 amide bonds. The molecule has 2 rings (SSSR count). The Labute approximate surface area is 123 Å². The van der Waals surface area contributed by atoms with Crippen molar-refractivity contribution in [3.05, 3.63) is 52.0 Å². The fourth-order valence-corrected chi connectivity index (χ4v) is 2.19. The zero-order valence-corrected chi connectivity index (χ0v) is 11.6. The first-order valence-electron chi connectivity index (χ1n) is 5.47. The number of hydrogen-bond acceptors (Lipinski definition) is 4. The molecule has 0 aliphatic rings. The summed E-state index contributed by atoms with van der Waals surface area (Å²) in [6.45, 7) is 0. The highest BCUT2D eigenvalue weighted by molar-refractivity contribution is 7.13. The minimum Gasteiger partial charge on any atom is -0.478 e. The number of amides is 1. The van der Waals surface area contributed by atoms with E-state index in [0.717, 1.165) is 6.08 Å². The molecule has 0 aliphatic carbocycles. The number of anilines is 1. The van der Waals surface area contributed by atoms with Gasteiger partial charge in [0.1, 0.15) is 0 Å². The van der Waals surface area contributed by atoms with Crippen molar-refractivity contribution >= 4 is 46.0 Å². The molecule has 20 heavy (non-hydrogen) atoms. The summed E-state index contributed by atoms with van der Waals surface area (Å²) in [5.41, 5.74) is 0.901. The molecular formula is C13H9ClN2O3S. The maximum Gasteiger partial charge on any atom is 0.328 e. The molecule has 1 aromatic carbocycles. The standard InChI is InChI=1S/C13H9ClN2O3S/c14-10-7-9(2-1-8(10)3-4-11(17)18)12(19)16-13-15-5-6-20-13/h1-7H,(H,17,18)(H,15,16,19)/b4-3+. The quantitative estimate of drug-likeness (QED) is 0.850. The van der Waals surface area contributed by atoms with E-state index < -0.39 is 5.97 Å². The Hall–Kier alpha value is -2.18. The number of hydrogen-bond donors (Lipinski definition) is 2. The first-order chi connectivity index (χ1) is 9.56. The molecule has 0 unspecified atom stereocenters. The minimum atomic E-state index is -1.06. The van der Waals surface area contributed by atoms with Crippen LogP contribution in [0.2, 0.25) is 5.02 Å². The Bertz CT molecular complexity index is 668. The van der Waals surface area contributed by atoms with Crippen LogP contribution in [0.3, 0.4) is 0 Å². The van der Waals surface area contributed by atoms with Gasteiger partial charge in [-0.05, 0) is 23.8 Å². The van der Waals surface area contributed by atoms with Gasteiger partial charge in [0.15, 0.2) is 5.13 Å². The van der Waals surface area contributed by atoms with Gasteiger partial charge >= 0.3 is 5.97 Å². The number of rotatable bonds is 4. The van der Waals surface area contributed by atoms with Gasteiger partial charge in [-0.1, -0.05) is 17.7 Å². The molecule has 0 atom stereocenters. The van der Waals surface area contributed by atoms with Crippen LogP contribution in [0, 0.1) is 0 Å². The smallest absolute Gasteiger partial charge is 0.328 e. The van der Waals surface area contributed by atoms with Crippen LogP contribution in [-0.4, -0.2) is 22.0 Å². The number of nitrogens with one attached hydrogen (secondary N) is 1. The Morgan fingerprint density at radius 3 is 2.80 bits per heavy atom. The normalized spacial score (nSPS) is 10.7. The van der Waals surface area contributed by atoms with Crippen LogP contribution in [0.5, 0.6) is 0 Å². The van der Waals surface area contributed by atoms with Crippen LogP contribution in [0.4, 0.5) is 5.13 Å². The molecule has 2 N–H and O–H groups in total. The molecule has 0 aliphatic heterocycles. The summed E-state index contributed by atoms with van der Waals surface area (Å²) in [5, 5.41) is 13.7. The third-order valence-corrected chi connectivity index (χ3v) is 3.34. The number of carboxylic acids is 1. The number of aliphatic carboxylic acids is 1. The highest BCUT2D eigenvalue weighted by Gasteiger charge is 2.09. The van der Waals surface area contributed by atoms with Gasteiger partial charge in [0, 0.05) is 28.2 Å². The number of carbonyl (C=O) groups is 2. The second-order valence-corrected chi connectivity index (χ2v) is 5.00. The van der Waals surface area contributed by atoms with Crippen molar-refractivity contribution in [2.75, 3.05) is 5.32 Å². The summed E-state index contributed by atoms with van der Waals surface area (Å²) in [4.78, 5) is 26.3. The molecule has 0 saturated carbocycles. The first kappa shape index (κ1) is 14.2. The number of carbonyl (C=O) groups excluding carboxylic acids is 1. The van der Waals surface area contributed by atoms with Crippen LogP contribution in [0.1, 0.15) is 15.9 Å². The lowest BCUT2D eigenvalue weighted by Gasteiger charge is -2.04. The Morgan fingerprint density at radius 1 is 1.40 bits per heavy atom. The average Bonchev–Trinajstić information content (AvgIpc) is 2.89. The van der Waals surface area contributed by atoms with Crippen molar-refractivity contribution < 1.29 is 14.7 Å². The van der Waals surface area contributed by atoms with E-state index in [1.165, 1.54) is 23.5 Å². The number of nitrogens with zero attached hydrogens (tertiary/aromatic N) is 1. The Morgan fingerprint density at radius 2 is 2.20 bits per heavy atom. The van der Waals surface area contributed by atoms with Gasteiger partial charge in [0.2, 0.25) is 0 Å². The van der Waals surface area contributed by atoms with E-state index >= 15 is 0 Å². The average molecular weight is 309 g/mol. The minimum absolute atomic E-state index is 0.300. The van der Waals surface area contributed by atoms with Crippen LogP contribution < -0.4 is 5.32 Å². The molecule has 1 aromatic heterocycles. The number of carboxylic acid groups (broad SMARTS) is 1. The molecule has 102 valence electrons. The topological polar surface area (TPSA) is 79.3 Å². The van der Waals surface area contributed by atoms with Crippen molar-refractivity contribution in [2.24, 2.45) is 0 Å². The predicted octanol–water partition coefficient (Wildman–Crippen LogP) is 3.15. The monoisotopic (exact) mass is 308 g/mol. The number of thiazole rings is 1. The van der Waals surface area contributed by atoms with Gasteiger partial charge in [0.05, 0.1) is 0 Å². The third kappa shape index (κ3) is 3.66. The van der Waals surface area contributed by atoms with Crippen molar-refractivity contribution in [2.45, 2.75) is 0 Å². The van der Waals surface area contributed by atoms with Crippen molar-refractivity contribution in [3.63, 3.8) is 0 Å². The fraction of sp³-hybridized carbons (Fsp3) is 0. The molecule has 5 nitrogen and oxygen atoms in total. The van der Waals surface area contributed by atoms with E-state index in [1.54, 1.807) is 23.7 Å². The maximum atomic E-state index is 11.9. The number of halogens is 1. The molecule has 7 heteroatoms. The second-order valence-electron chi connectivity index (χ2n) is 3.70. The molecule has 0 bridgehead atoms. The second kappa shape index (κ2) is 6.31. The lowest BCUT2D eigenvalue weighted by molar-refractivity contribution is -0.131. The van der Waals surface area contributed by atoms with E-state index in [9.17, 15) is 9.59 Å². The first-order valence-corrected chi connectivity index (χ1v) is 6.73. The van der Waals surface area contributed by atoms with Crippen LogP contribution in [0.15, 0.2) is 35.9 Å². The van der Waals surface area contributed by atoms with Gasteiger partial charge in [-0.25, -0.2) is 9.78 Å². The number of benzene rings is 1. The molecule has 0 spiro atoms. The van der Waals surface area contributed by atoms with Crippen molar-refractivity contribution in [1.29, 1.82) is 0 Å². The van der Waals surface area contributed by atoms with Gasteiger partial charge in [0.25, 0.3) is 5.91 Å². The highest BCUT2D eigenvalue weighted by Crippen LogP contribution is 2.20. The summed E-state index contributed by atoms with van der Waals surface area (Å²) in [5.74, 6) is -1.39. The van der Waals surface area contributed by atoms with Gasteiger partial charge in [-0.15, -0.1) is 11.3 Å². The van der Waals surface area contributed by atoms with Crippen LogP contribution in [-0.2, 0) is 4.79 Å². The fourth-order valence-electron chi connectivity index (χ4n) is 1.42. The molecule has 0 fully saturated rings. The molecule has 0 radical (unpaired) electrons. The summed E-state index contributed by atoms with van der Waals surface area (Å²) < 4.78 is 0. The van der Waals surface area contributed by atoms with Crippen LogP contribution in [0.25, 0.3) is 6.08 Å². The molecule has 1 heterocycles. The largest absolute Gasteiger partial charge is 0.478 e. The van der Waals surface area contributed by atoms with E-state index in [2.05, 4.69) is 10.3 Å². The van der Waals surface area contributed by atoms with E-state index in [4.69, 9.17) is 16.7 Å². The zero-order valence-electron chi connectivity index (χ0n) is 10.0. The molecular weight excluding hydrogens is 300 g/mol. The van der Waals surface area contributed by atoms with E-state index in [-0.39, 0.29) is 5.91 Å². The maximum absolute atomic E-state index is 11.9. The van der Waals surface area contributed by atoms with E-state index in [0.29, 0.717) is 21.3 Å². The Balaban J connectivity index is 2.16. The van der Waals surface area contributed by atoms with E-state index in [1.807, 2.05) is 0 Å². The zero-order chi connectivity index (χ0) is 14.5.